The number of hydrogen-bond donors (Lipinski definition) is 0. The normalized spacial score (nSPS) is 12.0. The van der Waals surface area contributed by atoms with E-state index in [-0.39, 0.29) is 5.97 Å². The highest BCUT2D eigenvalue weighted by atomic mass is 31.2. The van der Waals surface area contributed by atoms with Crippen LogP contribution in [0.2, 0.25) is 0 Å². The summed E-state index contributed by atoms with van der Waals surface area (Å²) in [4.78, 5) is 11.2. The van der Waals surface area contributed by atoms with Crippen LogP contribution in [0, 0.1) is 0 Å². The fraction of sp³-hybridized carbons (Fsp3) is 0.824. The second-order valence-electron chi connectivity index (χ2n) is 5.68. The summed E-state index contributed by atoms with van der Waals surface area (Å²) in [6, 6.07) is 0. The quantitative estimate of drug-likeness (QED) is 0.284. The van der Waals surface area contributed by atoms with E-state index < -0.39 is 7.26 Å². The van der Waals surface area contributed by atoms with Crippen molar-refractivity contribution in [2.75, 3.05) is 31.8 Å². The molecule has 0 atom stereocenters. The summed E-state index contributed by atoms with van der Waals surface area (Å²) in [6.45, 7) is 6.83. The Kier molecular flexibility index (Phi) is 12.2. The number of hydrogen-bond acceptors (Lipinski definition) is 2. The number of methoxy groups -OCH3 is 1. The molecule has 0 radical (unpaired) electrons. The first kappa shape index (κ1) is 19.6. The molecule has 0 aliphatic carbocycles. The number of allylic oxidation sites excluding steroid dienone is 1. The van der Waals surface area contributed by atoms with Crippen LogP contribution >= 0.6 is 7.26 Å². The SMILES string of the molecule is CCCC[P+](C/C=C/C(=O)OC)(CCCC)CCCC. The molecule has 0 aliphatic heterocycles. The van der Waals surface area contributed by atoms with Crippen LogP contribution < -0.4 is 0 Å². The van der Waals surface area contributed by atoms with E-state index in [2.05, 4.69) is 26.8 Å². The van der Waals surface area contributed by atoms with Crippen molar-refractivity contribution in [3.05, 3.63) is 12.2 Å². The number of rotatable bonds is 12. The van der Waals surface area contributed by atoms with Crippen molar-refractivity contribution >= 4 is 13.2 Å². The predicted octanol–water partition coefficient (Wildman–Crippen LogP) is 5.13. The van der Waals surface area contributed by atoms with Gasteiger partial charge in [-0.2, -0.15) is 0 Å². The fourth-order valence-corrected chi connectivity index (χ4v) is 7.26. The van der Waals surface area contributed by atoms with Crippen LogP contribution in [-0.4, -0.2) is 37.7 Å². The molecule has 0 saturated heterocycles. The van der Waals surface area contributed by atoms with Gasteiger partial charge in [0.15, 0.2) is 0 Å². The lowest BCUT2D eigenvalue weighted by Crippen LogP contribution is -2.12. The number of carbonyl (C=O) groups is 1. The third kappa shape index (κ3) is 8.74. The monoisotopic (exact) mass is 301 g/mol. The van der Waals surface area contributed by atoms with E-state index in [1.54, 1.807) is 6.08 Å². The van der Waals surface area contributed by atoms with Gasteiger partial charge in [0.05, 0.1) is 31.8 Å². The van der Waals surface area contributed by atoms with Gasteiger partial charge in [-0.15, -0.1) is 0 Å². The fourth-order valence-electron chi connectivity index (χ4n) is 2.53. The molecule has 0 spiro atoms. The second-order valence-corrected chi connectivity index (χ2v) is 10.1. The average Bonchev–Trinajstić information content (AvgIpc) is 2.48. The molecule has 0 amide bonds. The summed E-state index contributed by atoms with van der Waals surface area (Å²) in [5.41, 5.74) is 0. The Morgan fingerprint density at radius 2 is 1.40 bits per heavy atom. The molecule has 0 unspecified atom stereocenters. The Hall–Kier alpha value is -0.360. The highest BCUT2D eigenvalue weighted by Gasteiger charge is 2.33. The molecule has 0 aromatic heterocycles. The Balaban J connectivity index is 4.73. The lowest BCUT2D eigenvalue weighted by atomic mass is 10.4. The standard InChI is InChI=1S/C17H34O2P/c1-5-8-13-20(14-9-6-2,15-10-7-3)16-11-12-17(18)19-4/h11-12H,5-10,13-16H2,1-4H3/q+1/b12-11+. The van der Waals surface area contributed by atoms with E-state index in [0.717, 1.165) is 6.16 Å². The van der Waals surface area contributed by atoms with E-state index in [1.807, 2.05) is 0 Å². The Bertz CT molecular complexity index is 252. The highest BCUT2D eigenvalue weighted by Crippen LogP contribution is 2.60. The number of ether oxygens (including phenoxy) is 1. The maximum Gasteiger partial charge on any atom is 0.330 e. The second kappa shape index (κ2) is 12.4. The number of carbonyl (C=O) groups excluding carboxylic acids is 1. The van der Waals surface area contributed by atoms with Crippen LogP contribution in [0.25, 0.3) is 0 Å². The van der Waals surface area contributed by atoms with E-state index >= 15 is 0 Å². The van der Waals surface area contributed by atoms with Crippen molar-refractivity contribution in [2.24, 2.45) is 0 Å². The van der Waals surface area contributed by atoms with Crippen LogP contribution in [0.3, 0.4) is 0 Å². The molecule has 20 heavy (non-hydrogen) atoms. The van der Waals surface area contributed by atoms with Gasteiger partial charge < -0.3 is 4.74 Å². The third-order valence-electron chi connectivity index (χ3n) is 3.91. The van der Waals surface area contributed by atoms with E-state index in [1.165, 1.54) is 64.1 Å². The molecule has 0 rings (SSSR count). The first-order valence-electron chi connectivity index (χ1n) is 8.23. The van der Waals surface area contributed by atoms with Crippen LogP contribution in [0.4, 0.5) is 0 Å². The molecule has 3 heteroatoms. The first-order chi connectivity index (χ1) is 9.64. The van der Waals surface area contributed by atoms with Crippen molar-refractivity contribution in [3.63, 3.8) is 0 Å². The zero-order valence-electron chi connectivity index (χ0n) is 14.0. The maximum absolute atomic E-state index is 11.2. The van der Waals surface area contributed by atoms with Gasteiger partial charge in [-0.3, -0.25) is 0 Å². The topological polar surface area (TPSA) is 26.3 Å². The van der Waals surface area contributed by atoms with Crippen molar-refractivity contribution in [2.45, 2.75) is 59.3 Å². The van der Waals surface area contributed by atoms with Gasteiger partial charge >= 0.3 is 5.97 Å². The van der Waals surface area contributed by atoms with Gasteiger partial charge in [-0.25, -0.2) is 4.79 Å². The van der Waals surface area contributed by atoms with Gasteiger partial charge in [0.25, 0.3) is 0 Å². The molecule has 0 saturated carbocycles. The van der Waals surface area contributed by atoms with E-state index in [0.29, 0.717) is 0 Å². The molecule has 0 aromatic carbocycles. The molecule has 0 aromatic rings. The molecule has 0 bridgehead atoms. The Labute approximate surface area is 126 Å². The van der Waals surface area contributed by atoms with Gasteiger partial charge in [-0.05, 0) is 25.3 Å². The first-order valence-corrected chi connectivity index (χ1v) is 10.8. The largest absolute Gasteiger partial charge is 0.466 e. The lowest BCUT2D eigenvalue weighted by molar-refractivity contribution is -0.134. The van der Waals surface area contributed by atoms with Crippen LogP contribution in [0.5, 0.6) is 0 Å². The van der Waals surface area contributed by atoms with Gasteiger partial charge in [-0.1, -0.05) is 40.0 Å². The highest BCUT2D eigenvalue weighted by molar-refractivity contribution is 7.76. The number of esters is 1. The minimum Gasteiger partial charge on any atom is -0.466 e. The van der Waals surface area contributed by atoms with Crippen molar-refractivity contribution in [1.29, 1.82) is 0 Å². The molecule has 118 valence electrons. The predicted molar refractivity (Wildman–Crippen MR) is 92.3 cm³/mol. The molecular weight excluding hydrogens is 267 g/mol. The van der Waals surface area contributed by atoms with Crippen molar-refractivity contribution in [3.8, 4) is 0 Å². The third-order valence-corrected chi connectivity index (χ3v) is 8.69. The minimum atomic E-state index is -0.907. The van der Waals surface area contributed by atoms with Gasteiger partial charge in [0.2, 0.25) is 0 Å². The summed E-state index contributed by atoms with van der Waals surface area (Å²) in [7, 11) is 0.538. The van der Waals surface area contributed by atoms with Gasteiger partial charge in [0, 0.05) is 13.3 Å². The van der Waals surface area contributed by atoms with Crippen LogP contribution in [-0.2, 0) is 9.53 Å². The minimum absolute atomic E-state index is 0.218. The van der Waals surface area contributed by atoms with Crippen molar-refractivity contribution < 1.29 is 9.53 Å². The summed E-state index contributed by atoms with van der Waals surface area (Å²) >= 11 is 0. The molecule has 0 N–H and O–H groups in total. The van der Waals surface area contributed by atoms with Crippen LogP contribution in [0.1, 0.15) is 59.3 Å². The summed E-state index contributed by atoms with van der Waals surface area (Å²) in [5.74, 6) is -0.218. The summed E-state index contributed by atoms with van der Waals surface area (Å²) < 4.78 is 4.69. The van der Waals surface area contributed by atoms with E-state index in [4.69, 9.17) is 4.74 Å². The number of unbranched alkanes of at least 4 members (excludes halogenated alkanes) is 3. The zero-order chi connectivity index (χ0) is 15.3. The zero-order valence-corrected chi connectivity index (χ0v) is 14.9. The summed E-state index contributed by atoms with van der Waals surface area (Å²) in [5, 5.41) is 0. The smallest absolute Gasteiger partial charge is 0.330 e. The van der Waals surface area contributed by atoms with Gasteiger partial charge in [0.1, 0.15) is 0 Å². The lowest BCUT2D eigenvalue weighted by Gasteiger charge is -2.26. The molecule has 0 heterocycles. The van der Waals surface area contributed by atoms with Crippen molar-refractivity contribution in [1.82, 2.24) is 0 Å². The summed E-state index contributed by atoms with van der Waals surface area (Å²) in [6.07, 6.45) is 16.9. The molecule has 0 fully saturated rings. The maximum atomic E-state index is 11.2. The molecular formula is C17H34O2P+. The Morgan fingerprint density at radius 1 is 0.950 bits per heavy atom. The van der Waals surface area contributed by atoms with Crippen LogP contribution in [0.15, 0.2) is 12.2 Å². The average molecular weight is 301 g/mol. The Morgan fingerprint density at radius 3 is 1.75 bits per heavy atom. The molecule has 0 aliphatic rings. The van der Waals surface area contributed by atoms with E-state index in [9.17, 15) is 4.79 Å². The molecule has 2 nitrogen and oxygen atoms in total.